The van der Waals surface area contributed by atoms with E-state index in [1.165, 1.54) is 0 Å². The van der Waals surface area contributed by atoms with Gasteiger partial charge < -0.3 is 15.3 Å². The molecule has 4 heteroatoms. The first-order valence-corrected chi connectivity index (χ1v) is 5.51. The third-order valence-corrected chi connectivity index (χ3v) is 2.82. The van der Waals surface area contributed by atoms with Gasteiger partial charge in [-0.25, -0.2) is 0 Å². The van der Waals surface area contributed by atoms with Gasteiger partial charge in [0.1, 0.15) is 5.72 Å². The first-order chi connectivity index (χ1) is 6.28. The lowest BCUT2D eigenvalue weighted by molar-refractivity contribution is -0.0880. The maximum atomic E-state index is 10.3. The molecule has 1 aliphatic heterocycles. The minimum Gasteiger partial charge on any atom is -0.371 e. The molecule has 14 heavy (non-hydrogen) atoms. The fourth-order valence-electron chi connectivity index (χ4n) is 2.12. The summed E-state index contributed by atoms with van der Waals surface area (Å²) in [5.41, 5.74) is -0.938. The second kappa shape index (κ2) is 3.66. The lowest BCUT2D eigenvalue weighted by atomic mass is 9.90. The summed E-state index contributed by atoms with van der Waals surface area (Å²) < 4.78 is 0. The molecule has 1 rings (SSSR count). The van der Waals surface area contributed by atoms with Crippen molar-refractivity contribution in [2.24, 2.45) is 0 Å². The molecule has 82 valence electrons. The Kier molecular flexibility index (Phi) is 3.07. The number of hydrogen-bond acceptors (Lipinski definition) is 2. The molecule has 2 N–H and O–H groups in total. The van der Waals surface area contributed by atoms with E-state index in [2.05, 4.69) is 26.1 Å². The van der Waals surface area contributed by atoms with Gasteiger partial charge in [-0.1, -0.05) is 6.92 Å². The Morgan fingerprint density at radius 3 is 2.50 bits per heavy atom. The van der Waals surface area contributed by atoms with E-state index in [4.69, 9.17) is 12.2 Å². The van der Waals surface area contributed by atoms with Gasteiger partial charge in [-0.05, 0) is 39.4 Å². The quantitative estimate of drug-likeness (QED) is 0.685. The van der Waals surface area contributed by atoms with Gasteiger partial charge >= 0.3 is 0 Å². The van der Waals surface area contributed by atoms with Crippen LogP contribution in [0.25, 0.3) is 0 Å². The van der Waals surface area contributed by atoms with Crippen LogP contribution in [-0.2, 0) is 0 Å². The average molecular weight is 216 g/mol. The van der Waals surface area contributed by atoms with E-state index in [9.17, 15) is 5.11 Å². The highest BCUT2D eigenvalue weighted by atomic mass is 32.1. The van der Waals surface area contributed by atoms with Crippen LogP contribution >= 0.6 is 12.2 Å². The number of nitrogens with zero attached hydrogens (tertiary/aromatic N) is 1. The second-order valence-electron chi connectivity index (χ2n) is 4.86. The Labute approximate surface area is 91.5 Å². The van der Waals surface area contributed by atoms with Gasteiger partial charge in [0.25, 0.3) is 0 Å². The Morgan fingerprint density at radius 2 is 2.07 bits per heavy atom. The fraction of sp³-hybridized carbons (Fsp3) is 0.900. The standard InChI is InChI=1S/C10H20N2OS/c1-5-6-12-8(14)11-9(2,3)7-10(12,4)13/h13H,5-7H2,1-4H3,(H,11,14). The lowest BCUT2D eigenvalue weighted by Crippen LogP contribution is -2.66. The van der Waals surface area contributed by atoms with Gasteiger partial charge in [0.05, 0.1) is 0 Å². The fourth-order valence-corrected chi connectivity index (χ4v) is 2.68. The van der Waals surface area contributed by atoms with E-state index in [1.807, 2.05) is 11.8 Å². The minimum atomic E-state index is -0.818. The largest absolute Gasteiger partial charge is 0.371 e. The Morgan fingerprint density at radius 1 is 1.50 bits per heavy atom. The summed E-state index contributed by atoms with van der Waals surface area (Å²) in [5, 5.41) is 14.2. The number of nitrogens with one attached hydrogen (secondary N) is 1. The molecular weight excluding hydrogens is 196 g/mol. The maximum Gasteiger partial charge on any atom is 0.171 e. The van der Waals surface area contributed by atoms with Crippen molar-refractivity contribution in [1.82, 2.24) is 10.2 Å². The van der Waals surface area contributed by atoms with Crippen LogP contribution in [-0.4, -0.2) is 32.9 Å². The molecule has 0 aromatic heterocycles. The Bertz CT molecular complexity index is 238. The van der Waals surface area contributed by atoms with Gasteiger partial charge in [0.2, 0.25) is 0 Å². The van der Waals surface area contributed by atoms with Crippen LogP contribution in [0.1, 0.15) is 40.5 Å². The highest BCUT2D eigenvalue weighted by molar-refractivity contribution is 7.80. The molecular formula is C10H20N2OS. The average Bonchev–Trinajstić information content (AvgIpc) is 1.93. The summed E-state index contributed by atoms with van der Waals surface area (Å²) in [7, 11) is 0. The third kappa shape index (κ3) is 2.36. The van der Waals surface area contributed by atoms with Crippen LogP contribution in [0.4, 0.5) is 0 Å². The normalized spacial score (nSPS) is 31.5. The van der Waals surface area contributed by atoms with Crippen LogP contribution in [0.5, 0.6) is 0 Å². The predicted octanol–water partition coefficient (Wildman–Crippen LogP) is 1.46. The molecule has 0 spiro atoms. The lowest BCUT2D eigenvalue weighted by Gasteiger charge is -2.49. The SMILES string of the molecule is CCCN1C(=S)NC(C)(C)CC1(C)O. The molecule has 0 radical (unpaired) electrons. The zero-order chi connectivity index (χ0) is 11.0. The topological polar surface area (TPSA) is 35.5 Å². The molecule has 1 saturated heterocycles. The van der Waals surface area contributed by atoms with Gasteiger partial charge in [-0.15, -0.1) is 0 Å². The molecule has 1 unspecified atom stereocenters. The van der Waals surface area contributed by atoms with E-state index >= 15 is 0 Å². The summed E-state index contributed by atoms with van der Waals surface area (Å²) in [6.07, 6.45) is 1.67. The highest BCUT2D eigenvalue weighted by Gasteiger charge is 2.42. The monoisotopic (exact) mass is 216 g/mol. The van der Waals surface area contributed by atoms with Crippen molar-refractivity contribution in [2.75, 3.05) is 6.54 Å². The van der Waals surface area contributed by atoms with E-state index < -0.39 is 5.72 Å². The molecule has 1 fully saturated rings. The molecule has 0 bridgehead atoms. The molecule has 0 aromatic rings. The Hall–Kier alpha value is -0.350. The Balaban J connectivity index is 2.83. The van der Waals surface area contributed by atoms with E-state index in [1.54, 1.807) is 0 Å². The van der Waals surface area contributed by atoms with Gasteiger partial charge in [-0.3, -0.25) is 0 Å². The number of thiocarbonyl (C=S) groups is 1. The first-order valence-electron chi connectivity index (χ1n) is 5.11. The van der Waals surface area contributed by atoms with Crippen molar-refractivity contribution < 1.29 is 5.11 Å². The summed E-state index contributed by atoms with van der Waals surface area (Å²) in [6.45, 7) is 8.82. The van der Waals surface area contributed by atoms with Crippen molar-refractivity contribution >= 4 is 17.3 Å². The third-order valence-electron chi connectivity index (χ3n) is 2.50. The van der Waals surface area contributed by atoms with Gasteiger partial charge in [0.15, 0.2) is 5.11 Å². The zero-order valence-corrected chi connectivity index (χ0v) is 10.2. The summed E-state index contributed by atoms with van der Waals surface area (Å²) in [5.74, 6) is 0. The van der Waals surface area contributed by atoms with Crippen molar-refractivity contribution in [3.63, 3.8) is 0 Å². The smallest absolute Gasteiger partial charge is 0.171 e. The van der Waals surface area contributed by atoms with Crippen LogP contribution < -0.4 is 5.32 Å². The number of aliphatic hydroxyl groups is 1. The molecule has 1 heterocycles. The van der Waals surface area contributed by atoms with Crippen molar-refractivity contribution in [3.05, 3.63) is 0 Å². The van der Waals surface area contributed by atoms with E-state index in [0.717, 1.165) is 13.0 Å². The van der Waals surface area contributed by atoms with Crippen molar-refractivity contribution in [3.8, 4) is 0 Å². The first kappa shape index (κ1) is 11.7. The predicted molar refractivity (Wildman–Crippen MR) is 62.1 cm³/mol. The van der Waals surface area contributed by atoms with Crippen LogP contribution in [0, 0.1) is 0 Å². The van der Waals surface area contributed by atoms with Crippen LogP contribution in [0.3, 0.4) is 0 Å². The van der Waals surface area contributed by atoms with Crippen LogP contribution in [0.2, 0.25) is 0 Å². The van der Waals surface area contributed by atoms with Crippen molar-refractivity contribution in [2.45, 2.75) is 51.8 Å². The molecule has 0 saturated carbocycles. The van der Waals surface area contributed by atoms with E-state index in [-0.39, 0.29) is 5.54 Å². The van der Waals surface area contributed by atoms with Crippen molar-refractivity contribution in [1.29, 1.82) is 0 Å². The highest BCUT2D eigenvalue weighted by Crippen LogP contribution is 2.29. The molecule has 0 amide bonds. The maximum absolute atomic E-state index is 10.3. The zero-order valence-electron chi connectivity index (χ0n) is 9.42. The molecule has 1 atom stereocenters. The summed E-state index contributed by atoms with van der Waals surface area (Å²) in [6, 6.07) is 0. The van der Waals surface area contributed by atoms with Crippen LogP contribution in [0.15, 0.2) is 0 Å². The molecule has 0 aromatic carbocycles. The molecule has 1 aliphatic rings. The summed E-state index contributed by atoms with van der Waals surface area (Å²) in [4.78, 5) is 1.87. The molecule has 0 aliphatic carbocycles. The van der Waals surface area contributed by atoms with Gasteiger partial charge in [0, 0.05) is 18.5 Å². The minimum absolute atomic E-state index is 0.120. The number of rotatable bonds is 2. The summed E-state index contributed by atoms with van der Waals surface area (Å²) >= 11 is 5.25. The molecule has 3 nitrogen and oxygen atoms in total. The second-order valence-corrected chi connectivity index (χ2v) is 5.25. The van der Waals surface area contributed by atoms with Gasteiger partial charge in [-0.2, -0.15) is 0 Å². The van der Waals surface area contributed by atoms with E-state index in [0.29, 0.717) is 11.5 Å². The number of hydrogen-bond donors (Lipinski definition) is 2.